The van der Waals surface area contributed by atoms with Gasteiger partial charge in [0.05, 0.1) is 29.9 Å². The third kappa shape index (κ3) is 5.18. The molecule has 12 heteroatoms. The monoisotopic (exact) mass is 503 g/mol. The van der Waals surface area contributed by atoms with Crippen LogP contribution >= 0.6 is 0 Å². The van der Waals surface area contributed by atoms with Gasteiger partial charge in [-0.1, -0.05) is 12.1 Å². The molecule has 1 aliphatic rings. The van der Waals surface area contributed by atoms with Crippen LogP contribution in [0.5, 0.6) is 34.5 Å². The summed E-state index contributed by atoms with van der Waals surface area (Å²) in [6, 6.07) is 12.9. The molecule has 1 heterocycles. The first-order valence-electron chi connectivity index (χ1n) is 10.2. The summed E-state index contributed by atoms with van der Waals surface area (Å²) in [7, 11) is -2.81. The third-order valence-corrected chi connectivity index (χ3v) is 6.19. The number of rotatable bonds is 10. The van der Waals surface area contributed by atoms with Crippen molar-refractivity contribution in [2.75, 3.05) is 31.8 Å². The summed E-state index contributed by atoms with van der Waals surface area (Å²) >= 11 is 0. The first-order chi connectivity index (χ1) is 16.8. The van der Waals surface area contributed by atoms with Gasteiger partial charge in [-0.25, -0.2) is 13.2 Å². The number of para-hydroxylation sites is 2. The van der Waals surface area contributed by atoms with Gasteiger partial charge in [0.1, 0.15) is 6.61 Å². The standard InChI is InChI=1S/C23H21NO10S/c1-30-17-4-2-3-5-19(17)34-22-16(10-14(23(26)27)11-21(22)31-9-8-25)24-35(28,29)15-6-7-18-20(12-15)33-13-32-18/h2-7,10-12,24-25H,8-9,13H2,1H3,(H,26,27). The summed E-state index contributed by atoms with van der Waals surface area (Å²) in [4.78, 5) is 11.6. The van der Waals surface area contributed by atoms with Crippen molar-refractivity contribution in [2.24, 2.45) is 0 Å². The Morgan fingerprint density at radius 3 is 2.49 bits per heavy atom. The second kappa shape index (κ2) is 9.99. The molecule has 0 aliphatic carbocycles. The minimum absolute atomic E-state index is 0.0324. The highest BCUT2D eigenvalue weighted by Crippen LogP contribution is 2.43. The van der Waals surface area contributed by atoms with E-state index in [1.165, 1.54) is 31.4 Å². The SMILES string of the molecule is COc1ccccc1Oc1c(NS(=O)(=O)c2ccc3c(c2)OCO3)cc(C(=O)O)cc1OCCO. The average molecular weight is 503 g/mol. The zero-order valence-corrected chi connectivity index (χ0v) is 19.2. The second-order valence-electron chi connectivity index (χ2n) is 7.10. The summed E-state index contributed by atoms with van der Waals surface area (Å²) in [5.41, 5.74) is -0.477. The molecular formula is C23H21NO10S. The minimum atomic E-state index is -4.24. The van der Waals surface area contributed by atoms with E-state index in [2.05, 4.69) is 4.72 Å². The predicted molar refractivity (Wildman–Crippen MR) is 122 cm³/mol. The van der Waals surface area contributed by atoms with Crippen LogP contribution in [0.4, 0.5) is 5.69 Å². The smallest absolute Gasteiger partial charge is 0.335 e. The van der Waals surface area contributed by atoms with E-state index in [-0.39, 0.29) is 59.2 Å². The van der Waals surface area contributed by atoms with Crippen LogP contribution in [0, 0.1) is 0 Å². The highest BCUT2D eigenvalue weighted by atomic mass is 32.2. The van der Waals surface area contributed by atoms with Gasteiger partial charge in [0, 0.05) is 6.07 Å². The minimum Gasteiger partial charge on any atom is -0.493 e. The molecule has 3 N–H and O–H groups in total. The molecule has 0 saturated carbocycles. The molecule has 0 atom stereocenters. The molecule has 1 aliphatic heterocycles. The topological polar surface area (TPSA) is 150 Å². The molecule has 11 nitrogen and oxygen atoms in total. The Morgan fingerprint density at radius 1 is 1.03 bits per heavy atom. The molecular weight excluding hydrogens is 482 g/mol. The van der Waals surface area contributed by atoms with Crippen molar-refractivity contribution in [3.05, 3.63) is 60.2 Å². The number of nitrogens with one attached hydrogen (secondary N) is 1. The quantitative estimate of drug-likeness (QED) is 0.377. The highest BCUT2D eigenvalue weighted by molar-refractivity contribution is 7.92. The van der Waals surface area contributed by atoms with Crippen molar-refractivity contribution in [1.29, 1.82) is 0 Å². The summed E-state index contributed by atoms with van der Waals surface area (Å²) in [5, 5.41) is 18.8. The average Bonchev–Trinajstić information content (AvgIpc) is 3.32. The van der Waals surface area contributed by atoms with Crippen LogP contribution in [0.1, 0.15) is 10.4 Å². The first kappa shape index (κ1) is 24.0. The lowest BCUT2D eigenvalue weighted by Gasteiger charge is -2.19. The summed E-state index contributed by atoms with van der Waals surface area (Å²) in [6.07, 6.45) is 0. The summed E-state index contributed by atoms with van der Waals surface area (Å²) in [6.45, 7) is -0.598. The number of aliphatic hydroxyl groups excluding tert-OH is 1. The number of hydrogen-bond donors (Lipinski definition) is 3. The Bertz CT molecular complexity index is 1360. The number of carboxylic acids is 1. The van der Waals surface area contributed by atoms with E-state index < -0.39 is 16.0 Å². The van der Waals surface area contributed by atoms with Crippen LogP contribution in [0.25, 0.3) is 0 Å². The fraction of sp³-hybridized carbons (Fsp3) is 0.174. The van der Waals surface area contributed by atoms with Crippen LogP contribution in [-0.4, -0.2) is 51.7 Å². The van der Waals surface area contributed by atoms with Crippen LogP contribution in [-0.2, 0) is 10.0 Å². The molecule has 0 aromatic heterocycles. The van der Waals surface area contributed by atoms with E-state index >= 15 is 0 Å². The fourth-order valence-corrected chi connectivity index (χ4v) is 4.30. The van der Waals surface area contributed by atoms with E-state index in [0.717, 1.165) is 6.07 Å². The van der Waals surface area contributed by atoms with Crippen molar-refractivity contribution in [3.63, 3.8) is 0 Å². The number of carboxylic acid groups (broad SMARTS) is 1. The van der Waals surface area contributed by atoms with Gasteiger partial charge in [-0.05, 0) is 36.4 Å². The Labute approximate surface area is 200 Å². The molecule has 3 aromatic rings. The van der Waals surface area contributed by atoms with Gasteiger partial charge < -0.3 is 33.9 Å². The van der Waals surface area contributed by atoms with Crippen LogP contribution < -0.4 is 28.4 Å². The van der Waals surface area contributed by atoms with Crippen LogP contribution in [0.3, 0.4) is 0 Å². The molecule has 0 unspecified atom stereocenters. The van der Waals surface area contributed by atoms with Crippen molar-refractivity contribution >= 4 is 21.7 Å². The zero-order chi connectivity index (χ0) is 25.0. The number of anilines is 1. The van der Waals surface area contributed by atoms with Gasteiger partial charge in [0.2, 0.25) is 6.79 Å². The maximum atomic E-state index is 13.2. The Balaban J connectivity index is 1.81. The third-order valence-electron chi connectivity index (χ3n) is 4.83. The number of hydrogen-bond acceptors (Lipinski definition) is 9. The first-order valence-corrected chi connectivity index (χ1v) is 11.7. The maximum Gasteiger partial charge on any atom is 0.335 e. The fourth-order valence-electron chi connectivity index (χ4n) is 3.23. The van der Waals surface area contributed by atoms with E-state index in [0.29, 0.717) is 11.5 Å². The van der Waals surface area contributed by atoms with Crippen LogP contribution in [0.2, 0.25) is 0 Å². The molecule has 4 rings (SSSR count). The number of methoxy groups -OCH3 is 1. The van der Waals surface area contributed by atoms with Gasteiger partial charge in [-0.3, -0.25) is 4.72 Å². The second-order valence-corrected chi connectivity index (χ2v) is 8.78. The van der Waals surface area contributed by atoms with Gasteiger partial charge in [-0.2, -0.15) is 0 Å². The molecule has 0 amide bonds. The van der Waals surface area contributed by atoms with Crippen molar-refractivity contribution < 1.29 is 47.1 Å². The molecule has 184 valence electrons. The lowest BCUT2D eigenvalue weighted by atomic mass is 10.1. The number of fused-ring (bicyclic) bond motifs is 1. The van der Waals surface area contributed by atoms with Crippen molar-refractivity contribution in [1.82, 2.24) is 0 Å². The van der Waals surface area contributed by atoms with Gasteiger partial charge in [0.25, 0.3) is 10.0 Å². The number of benzene rings is 3. The van der Waals surface area contributed by atoms with E-state index in [1.54, 1.807) is 24.3 Å². The molecule has 0 saturated heterocycles. The van der Waals surface area contributed by atoms with Gasteiger partial charge in [-0.15, -0.1) is 0 Å². The van der Waals surface area contributed by atoms with Gasteiger partial charge >= 0.3 is 5.97 Å². The summed E-state index contributed by atoms with van der Waals surface area (Å²) < 4.78 is 56.0. The normalized spacial score (nSPS) is 12.2. The number of ether oxygens (including phenoxy) is 5. The largest absolute Gasteiger partial charge is 0.493 e. The molecule has 35 heavy (non-hydrogen) atoms. The lowest BCUT2D eigenvalue weighted by molar-refractivity contribution is 0.0696. The van der Waals surface area contributed by atoms with E-state index in [1.807, 2.05) is 0 Å². The van der Waals surface area contributed by atoms with E-state index in [4.69, 9.17) is 23.7 Å². The number of aliphatic hydroxyl groups is 1. The highest BCUT2D eigenvalue weighted by Gasteiger charge is 2.25. The van der Waals surface area contributed by atoms with E-state index in [9.17, 15) is 23.4 Å². The molecule has 0 radical (unpaired) electrons. The number of sulfonamides is 1. The zero-order valence-electron chi connectivity index (χ0n) is 18.4. The predicted octanol–water partition coefficient (Wildman–Crippen LogP) is 3.09. The Morgan fingerprint density at radius 2 is 1.77 bits per heavy atom. The number of carbonyl (C=O) groups is 1. The lowest BCUT2D eigenvalue weighted by Crippen LogP contribution is -2.15. The van der Waals surface area contributed by atoms with Crippen LogP contribution in [0.15, 0.2) is 59.5 Å². The molecule has 3 aromatic carbocycles. The Kier molecular flexibility index (Phi) is 6.85. The summed E-state index contributed by atoms with van der Waals surface area (Å²) in [5.74, 6) is -0.346. The van der Waals surface area contributed by atoms with Gasteiger partial charge in [0.15, 0.2) is 34.5 Å². The maximum absolute atomic E-state index is 13.2. The Hall–Kier alpha value is -4.16. The molecule has 0 fully saturated rings. The van der Waals surface area contributed by atoms with Crippen molar-refractivity contribution in [2.45, 2.75) is 4.90 Å². The number of aromatic carboxylic acids is 1. The van der Waals surface area contributed by atoms with Crippen molar-refractivity contribution in [3.8, 4) is 34.5 Å². The molecule has 0 spiro atoms. The molecule has 0 bridgehead atoms.